The number of hydrogen-bond acceptors (Lipinski definition) is 5. The van der Waals surface area contributed by atoms with Gasteiger partial charge in [-0.1, -0.05) is 25.7 Å². The van der Waals surface area contributed by atoms with Gasteiger partial charge in [0.2, 0.25) is 0 Å². The van der Waals surface area contributed by atoms with Gasteiger partial charge in [0.15, 0.2) is 0 Å². The van der Waals surface area contributed by atoms with Gasteiger partial charge in [-0.3, -0.25) is 5.84 Å². The van der Waals surface area contributed by atoms with Crippen LogP contribution in [0.1, 0.15) is 62.6 Å². The molecule has 21 heavy (non-hydrogen) atoms. The molecule has 1 aromatic rings. The fourth-order valence-electron chi connectivity index (χ4n) is 3.49. The molecule has 0 amide bonds. The highest BCUT2D eigenvalue weighted by Crippen LogP contribution is 2.41. The molecule has 1 aromatic heterocycles. The summed E-state index contributed by atoms with van der Waals surface area (Å²) in [7, 11) is 0. The average Bonchev–Trinajstić information content (AvgIpc) is 2.70. The molecular weight excluding hydrogens is 264 g/mol. The minimum atomic E-state index is -0.288. The van der Waals surface area contributed by atoms with Crippen LogP contribution in [0.15, 0.2) is 12.3 Å². The largest absolute Gasteiger partial charge is 0.383 e. The summed E-state index contributed by atoms with van der Waals surface area (Å²) in [5.74, 6) is 6.44. The van der Waals surface area contributed by atoms with Gasteiger partial charge in [0.1, 0.15) is 5.82 Å². The van der Waals surface area contributed by atoms with E-state index in [-0.39, 0.29) is 11.6 Å². The van der Waals surface area contributed by atoms with Crippen LogP contribution in [0, 0.1) is 6.92 Å². The molecule has 5 N–H and O–H groups in total. The molecule has 1 atom stereocenters. The zero-order valence-electron chi connectivity index (χ0n) is 13.2. The van der Waals surface area contributed by atoms with Crippen molar-refractivity contribution < 1.29 is 4.74 Å². The summed E-state index contributed by atoms with van der Waals surface area (Å²) in [5, 5.41) is 0. The number of hydrazine groups is 1. The zero-order valence-corrected chi connectivity index (χ0v) is 13.2. The van der Waals surface area contributed by atoms with E-state index >= 15 is 0 Å². The van der Waals surface area contributed by atoms with Gasteiger partial charge in [-0.2, -0.15) is 0 Å². The number of anilines is 1. The Morgan fingerprint density at radius 2 is 2.00 bits per heavy atom. The Morgan fingerprint density at radius 1 is 1.33 bits per heavy atom. The molecule has 1 fully saturated rings. The van der Waals surface area contributed by atoms with Crippen molar-refractivity contribution in [3.8, 4) is 0 Å². The Labute approximate surface area is 127 Å². The van der Waals surface area contributed by atoms with Crippen LogP contribution in [-0.2, 0) is 4.74 Å². The quantitative estimate of drug-likeness (QED) is 0.441. The maximum Gasteiger partial charge on any atom is 0.128 e. The standard InChI is InChI=1S/C16H28N4O/c1-3-21-16(8-6-4-5-7-9-16)14(20-18)13-10-12(2)11-19-15(13)17/h10-11,14,20H,3-9,18H2,1-2H3,(H2,17,19). The fraction of sp³-hybridized carbons (Fsp3) is 0.688. The minimum Gasteiger partial charge on any atom is -0.383 e. The van der Waals surface area contributed by atoms with Crippen molar-refractivity contribution >= 4 is 5.82 Å². The zero-order chi connectivity index (χ0) is 15.3. The summed E-state index contributed by atoms with van der Waals surface area (Å²) >= 11 is 0. The highest BCUT2D eigenvalue weighted by Gasteiger charge is 2.41. The number of aromatic nitrogens is 1. The summed E-state index contributed by atoms with van der Waals surface area (Å²) in [5.41, 5.74) is 10.8. The Kier molecular flexibility index (Phi) is 5.56. The van der Waals surface area contributed by atoms with Gasteiger partial charge in [0, 0.05) is 18.4 Å². The highest BCUT2D eigenvalue weighted by molar-refractivity contribution is 5.44. The number of hydrogen-bond donors (Lipinski definition) is 3. The van der Waals surface area contributed by atoms with E-state index in [1.807, 2.05) is 13.8 Å². The molecule has 0 saturated heterocycles. The molecule has 118 valence electrons. The van der Waals surface area contributed by atoms with Gasteiger partial charge < -0.3 is 10.5 Å². The molecule has 5 nitrogen and oxygen atoms in total. The van der Waals surface area contributed by atoms with E-state index in [0.29, 0.717) is 12.4 Å². The van der Waals surface area contributed by atoms with Gasteiger partial charge >= 0.3 is 0 Å². The number of nitrogens with one attached hydrogen (secondary N) is 1. The first-order valence-electron chi connectivity index (χ1n) is 7.95. The first-order valence-corrected chi connectivity index (χ1v) is 7.95. The van der Waals surface area contributed by atoms with Crippen molar-refractivity contribution in [2.45, 2.75) is 64.0 Å². The molecule has 1 unspecified atom stereocenters. The molecule has 1 heterocycles. The van der Waals surface area contributed by atoms with Crippen molar-refractivity contribution in [3.05, 3.63) is 23.4 Å². The van der Waals surface area contributed by atoms with Gasteiger partial charge in [-0.25, -0.2) is 10.4 Å². The Bertz CT molecular complexity index is 456. The van der Waals surface area contributed by atoms with E-state index in [1.54, 1.807) is 6.20 Å². The summed E-state index contributed by atoms with van der Waals surface area (Å²) in [6, 6.07) is 1.95. The SMILES string of the molecule is CCOC1(C(NN)c2cc(C)cnc2N)CCCCCC1. The predicted molar refractivity (Wildman–Crippen MR) is 85.5 cm³/mol. The predicted octanol–water partition coefficient (Wildman–Crippen LogP) is 2.61. The normalized spacial score (nSPS) is 20.0. The second-order valence-electron chi connectivity index (χ2n) is 6.00. The molecule has 1 saturated carbocycles. The third-order valence-electron chi connectivity index (χ3n) is 4.47. The lowest BCUT2D eigenvalue weighted by Crippen LogP contribution is -2.48. The minimum absolute atomic E-state index is 0.122. The third kappa shape index (κ3) is 3.54. The Balaban J connectivity index is 2.41. The van der Waals surface area contributed by atoms with Crippen LogP contribution in [0.2, 0.25) is 0 Å². The lowest BCUT2D eigenvalue weighted by Gasteiger charge is -2.40. The maximum absolute atomic E-state index is 6.23. The van der Waals surface area contributed by atoms with Crippen LogP contribution >= 0.6 is 0 Å². The first-order chi connectivity index (χ1) is 10.1. The van der Waals surface area contributed by atoms with Crippen molar-refractivity contribution in [2.75, 3.05) is 12.3 Å². The molecular formula is C16H28N4O. The van der Waals surface area contributed by atoms with E-state index in [9.17, 15) is 0 Å². The summed E-state index contributed by atoms with van der Waals surface area (Å²) in [4.78, 5) is 4.28. The van der Waals surface area contributed by atoms with Crippen LogP contribution in [0.5, 0.6) is 0 Å². The molecule has 1 aliphatic rings. The fourth-order valence-corrected chi connectivity index (χ4v) is 3.49. The molecule has 0 spiro atoms. The van der Waals surface area contributed by atoms with Crippen LogP contribution in [0.3, 0.4) is 0 Å². The van der Waals surface area contributed by atoms with Gasteiger partial charge in [0.25, 0.3) is 0 Å². The van der Waals surface area contributed by atoms with Gasteiger partial charge in [-0.15, -0.1) is 0 Å². The Hall–Kier alpha value is -1.17. The number of nitrogens with two attached hydrogens (primary N) is 2. The monoisotopic (exact) mass is 292 g/mol. The first kappa shape index (κ1) is 16.2. The number of aryl methyl sites for hydroxylation is 1. The number of ether oxygens (including phenoxy) is 1. The molecule has 0 radical (unpaired) electrons. The van der Waals surface area contributed by atoms with E-state index in [4.69, 9.17) is 16.3 Å². The average molecular weight is 292 g/mol. The third-order valence-corrected chi connectivity index (χ3v) is 4.47. The second kappa shape index (κ2) is 7.20. The number of rotatable bonds is 5. The smallest absolute Gasteiger partial charge is 0.128 e. The van der Waals surface area contributed by atoms with Crippen LogP contribution in [0.4, 0.5) is 5.82 Å². The topological polar surface area (TPSA) is 86.2 Å². The lowest BCUT2D eigenvalue weighted by atomic mass is 9.82. The van der Waals surface area contributed by atoms with Crippen LogP contribution < -0.4 is 17.0 Å². The molecule has 1 aliphatic carbocycles. The van der Waals surface area contributed by atoms with Crippen molar-refractivity contribution in [3.63, 3.8) is 0 Å². The van der Waals surface area contributed by atoms with Crippen molar-refractivity contribution in [1.82, 2.24) is 10.4 Å². The van der Waals surface area contributed by atoms with E-state index in [2.05, 4.69) is 16.5 Å². The Morgan fingerprint density at radius 3 is 2.57 bits per heavy atom. The van der Waals surface area contributed by atoms with E-state index in [0.717, 1.165) is 36.8 Å². The van der Waals surface area contributed by atoms with Gasteiger partial charge in [-0.05, 0) is 38.3 Å². The summed E-state index contributed by atoms with van der Waals surface area (Å²) in [6.07, 6.45) is 8.63. The number of nitrogen functional groups attached to an aromatic ring is 1. The van der Waals surface area contributed by atoms with Crippen LogP contribution in [0.25, 0.3) is 0 Å². The molecule has 0 aromatic carbocycles. The summed E-state index contributed by atoms with van der Waals surface area (Å²) in [6.45, 7) is 4.74. The highest BCUT2D eigenvalue weighted by atomic mass is 16.5. The summed E-state index contributed by atoms with van der Waals surface area (Å²) < 4.78 is 6.23. The number of nitrogens with zero attached hydrogens (tertiary/aromatic N) is 1. The van der Waals surface area contributed by atoms with E-state index in [1.165, 1.54) is 12.8 Å². The molecule has 0 bridgehead atoms. The van der Waals surface area contributed by atoms with Gasteiger partial charge in [0.05, 0.1) is 11.6 Å². The molecule has 5 heteroatoms. The maximum atomic E-state index is 6.23. The number of pyridine rings is 1. The second-order valence-corrected chi connectivity index (χ2v) is 6.00. The molecule has 0 aliphatic heterocycles. The van der Waals surface area contributed by atoms with Crippen LogP contribution in [-0.4, -0.2) is 17.2 Å². The van der Waals surface area contributed by atoms with Crippen molar-refractivity contribution in [2.24, 2.45) is 5.84 Å². The lowest BCUT2D eigenvalue weighted by molar-refractivity contribution is -0.0782. The van der Waals surface area contributed by atoms with E-state index < -0.39 is 0 Å². The molecule has 2 rings (SSSR count). The van der Waals surface area contributed by atoms with Crippen molar-refractivity contribution in [1.29, 1.82) is 0 Å².